The second-order valence-electron chi connectivity index (χ2n) is 34.3. The van der Waals surface area contributed by atoms with Crippen LogP contribution in [0.1, 0.15) is 183 Å². The molecule has 3 atom stereocenters. The second-order valence-corrected chi connectivity index (χ2v) is 39.0. The minimum atomic E-state index is -2.68. The van der Waals surface area contributed by atoms with Gasteiger partial charge in [0.05, 0.1) is 56.7 Å². The summed E-state index contributed by atoms with van der Waals surface area (Å²) in [6.45, 7) is 49.0. The SMILES string of the molecule is CC(C)(C)C(C)(C)C.CC(C)(C)C(C)(C)C.CC(C)(C)PC(C)(C)C.CC1(C)OB(c2ccccc2C#N)OC1(C)C.Cn1c(=O)[nH]c2ccc(Cl)nc21.Cn1c(=O)n(CC2CC2(F)F)c2ccc(-c3ccccc3C#N)nc21.Cn1c(=O)n(CC2CC2(F)F)c2ccc(Cl)nc21.FC1(F)CC1CBr.O=COO.[Cs].[Cs].[Pd]. The summed E-state index contributed by atoms with van der Waals surface area (Å²) in [6.07, 6.45) is -0.258. The van der Waals surface area contributed by atoms with Crippen LogP contribution in [0.15, 0.2) is 99.3 Å². The van der Waals surface area contributed by atoms with Crippen LogP contribution in [0.5, 0.6) is 0 Å². The van der Waals surface area contributed by atoms with Crippen molar-refractivity contribution in [1.82, 2.24) is 42.8 Å². The summed E-state index contributed by atoms with van der Waals surface area (Å²) in [7, 11) is 5.35. The number of rotatable bonds is 8. The van der Waals surface area contributed by atoms with E-state index >= 15 is 0 Å². The molecular weight excluding hydrogens is 1900 g/mol. The first kappa shape index (κ1) is 107. The normalized spacial score (nSPS) is 17.6. The van der Waals surface area contributed by atoms with Crippen molar-refractivity contribution < 1.29 is 71.0 Å². The number of pyridine rings is 3. The number of fused-ring (bicyclic) bond motifs is 3. The first-order valence-corrected chi connectivity index (χ1v) is 38.1. The third-order valence-electron chi connectivity index (χ3n) is 19.7. The number of carbonyl (C=O) groups excluding carboxylic acids is 1. The molecule has 4 aliphatic rings. The summed E-state index contributed by atoms with van der Waals surface area (Å²) in [5, 5.41) is 27.5. The van der Waals surface area contributed by atoms with E-state index in [-0.39, 0.29) is 236 Å². The van der Waals surface area contributed by atoms with Crippen molar-refractivity contribution in [2.45, 2.75) is 224 Å². The summed E-state index contributed by atoms with van der Waals surface area (Å²) in [6, 6.07) is 28.7. The molecule has 0 spiro atoms. The summed E-state index contributed by atoms with van der Waals surface area (Å²) in [4.78, 5) is 62.2. The quantitative estimate of drug-likeness (QED) is 0.0210. The third kappa shape index (κ3) is 31.5. The molecular formula is C78H108BBrCl2Cs2F6N11O8PPd. The molecule has 8 aromatic rings. The van der Waals surface area contributed by atoms with Crippen LogP contribution in [0.3, 0.4) is 0 Å². The number of benzene rings is 2. The van der Waals surface area contributed by atoms with Gasteiger partial charge in [-0.2, -0.15) is 10.5 Å². The largest absolute Gasteiger partial charge is 0.496 e. The van der Waals surface area contributed by atoms with Gasteiger partial charge < -0.3 is 19.2 Å². The summed E-state index contributed by atoms with van der Waals surface area (Å²) in [5.74, 6) is -9.56. The Balaban J connectivity index is 0.000000651. The maximum absolute atomic E-state index is 13.2. The molecule has 1 aliphatic heterocycles. The fourth-order valence-electron chi connectivity index (χ4n) is 9.62. The molecule has 6 aromatic heterocycles. The van der Waals surface area contributed by atoms with E-state index < -0.39 is 36.7 Å². The number of carbonyl (C=O) groups is 1. The van der Waals surface area contributed by atoms with Crippen molar-refractivity contribution in [2.24, 2.45) is 60.6 Å². The van der Waals surface area contributed by atoms with Crippen LogP contribution < -0.4 is 22.5 Å². The third-order valence-corrected chi connectivity index (χ3v) is 22.4. The van der Waals surface area contributed by atoms with Crippen LogP contribution in [0, 0.1) is 62.1 Å². The van der Waals surface area contributed by atoms with Crippen LogP contribution in [0.4, 0.5) is 26.3 Å². The van der Waals surface area contributed by atoms with Gasteiger partial charge in [0.25, 0.3) is 17.8 Å². The summed E-state index contributed by atoms with van der Waals surface area (Å²) in [5.41, 5.74) is 6.39. The molecule has 3 aliphatic carbocycles. The molecule has 3 saturated carbocycles. The van der Waals surface area contributed by atoms with Crippen LogP contribution in [0.25, 0.3) is 44.7 Å². The van der Waals surface area contributed by atoms with Crippen molar-refractivity contribution >= 4 is 238 Å². The van der Waals surface area contributed by atoms with Crippen molar-refractivity contribution in [3.05, 3.63) is 138 Å². The zero-order valence-corrected chi connectivity index (χ0v) is 87.4. The van der Waals surface area contributed by atoms with Crippen LogP contribution in [-0.4, -0.2) is 244 Å². The fraction of sp³-hybridized carbons (Fsp3) is 0.577. The standard InChI is InChI=1S/C18H14F2N4O.C13H16BNO2.C11H10ClF2N3O.C8H19P.2C8H18.C7H6ClN3O.C4H5BrF2.CH2O3.2Cs.Pd/c1-23-16-15(24(17(23)25)10-12-8-18(12,19)20)7-6-14(22-16)13-5-3-2-4-11(13)9-21;1-12(2)13(3,4)17-14(16-12)11-8-6-5-7-10(11)9-15;1-16-9-7(2-3-8(12)15-9)17(10(16)18)5-6-4-11(6,13)14;1-7(2,3)9-8(4,5)6;2*1-7(2,3)8(4,5)6;1-11-6-4(9-7(11)12)2-3-5(8)10-6;5-2-3-1-4(3,6)7;2-1-4-3;;;/h2-7,12H,8,10H2,1H3;5-8H,1-4H3;2-3,6H,4-5H2,1H3;9H,1-6H3;2*1-6H3;2-3H,1H3,(H,9,12);3H,1-2H2;1,3H;;;. The molecule has 19 nitrogen and oxygen atoms in total. The maximum atomic E-state index is 13.2. The van der Waals surface area contributed by atoms with E-state index in [1.165, 1.54) is 22.8 Å². The molecule has 606 valence electrons. The minimum absolute atomic E-state index is 0. The molecule has 111 heavy (non-hydrogen) atoms. The first-order valence-electron chi connectivity index (χ1n) is 35.2. The van der Waals surface area contributed by atoms with Crippen molar-refractivity contribution in [2.75, 3.05) is 5.33 Å². The average molecular weight is 2010 g/mol. The average Bonchev–Trinajstić information content (AvgIpc) is 1.58. The number of nitrogens with zero attached hydrogens (tertiary/aromatic N) is 10. The zero-order chi connectivity index (χ0) is 82.9. The molecule has 33 heteroatoms. The number of nitrogens with one attached hydrogen (secondary N) is 1. The van der Waals surface area contributed by atoms with Gasteiger partial charge in [0.2, 0.25) is 0 Å². The summed E-state index contributed by atoms with van der Waals surface area (Å²) >= 11 is 14.4. The van der Waals surface area contributed by atoms with E-state index in [1.807, 2.05) is 45.9 Å². The van der Waals surface area contributed by atoms with E-state index in [0.717, 1.165) is 14.0 Å². The van der Waals surface area contributed by atoms with Crippen LogP contribution >= 0.6 is 47.7 Å². The number of aryl methyl sites for hydroxylation is 3. The van der Waals surface area contributed by atoms with Gasteiger partial charge in [-0.05, 0) is 108 Å². The molecule has 2 radical (unpaired) electrons. The smallest absolute Gasteiger partial charge is 0.399 e. The topological polar surface area (TPSA) is 243 Å². The van der Waals surface area contributed by atoms with Gasteiger partial charge in [0, 0.05) is 246 Å². The van der Waals surface area contributed by atoms with Gasteiger partial charge in [0.15, 0.2) is 16.9 Å². The van der Waals surface area contributed by atoms with Gasteiger partial charge in [-0.15, -0.1) is 8.58 Å². The van der Waals surface area contributed by atoms with Gasteiger partial charge in [-0.3, -0.25) is 27.6 Å². The number of nitriles is 2. The molecule has 4 fully saturated rings. The molecule has 2 aromatic carbocycles. The number of halogens is 9. The second kappa shape index (κ2) is 42.7. The Morgan fingerprint density at radius 2 is 0.937 bits per heavy atom. The number of aromatic nitrogens is 9. The molecule has 3 unspecified atom stereocenters. The van der Waals surface area contributed by atoms with Crippen molar-refractivity contribution in [1.29, 1.82) is 10.5 Å². The van der Waals surface area contributed by atoms with Crippen molar-refractivity contribution in [3.63, 3.8) is 0 Å². The predicted molar refractivity (Wildman–Crippen MR) is 438 cm³/mol. The molecule has 12 rings (SSSR count). The molecule has 0 bridgehead atoms. The minimum Gasteiger partial charge on any atom is -0.399 e. The summed E-state index contributed by atoms with van der Waals surface area (Å²) < 4.78 is 94.5. The van der Waals surface area contributed by atoms with Gasteiger partial charge in [-0.1, -0.05) is 200 Å². The molecule has 1 saturated heterocycles. The molecule has 7 heterocycles. The predicted octanol–water partition coefficient (Wildman–Crippen LogP) is 18.1. The van der Waals surface area contributed by atoms with Crippen LogP contribution in [0.2, 0.25) is 10.3 Å². The number of imidazole rings is 3. The Labute approximate surface area is 801 Å². The van der Waals surface area contributed by atoms with E-state index in [9.17, 15) is 46.0 Å². The number of hydrogen-bond acceptors (Lipinski definition) is 13. The van der Waals surface area contributed by atoms with E-state index in [1.54, 1.807) is 87.9 Å². The number of hydrogen-bond donors (Lipinski definition) is 2. The number of aromatic amines is 1. The number of H-pyrrole nitrogens is 1. The monoisotopic (exact) mass is 2000 g/mol. The Morgan fingerprint density at radius 1 is 0.586 bits per heavy atom. The first-order chi connectivity index (χ1) is 49.2. The van der Waals surface area contributed by atoms with E-state index in [4.69, 9.17) is 47.8 Å². The van der Waals surface area contributed by atoms with Crippen molar-refractivity contribution in [3.8, 4) is 23.4 Å². The van der Waals surface area contributed by atoms with Crippen LogP contribution in [-0.2, 0) is 73.6 Å². The van der Waals surface area contributed by atoms with E-state index in [0.29, 0.717) is 98.3 Å². The Kier molecular flexibility index (Phi) is 41.2. The zero-order valence-electron chi connectivity index (χ0n) is 69.2. The Morgan fingerprint density at radius 3 is 1.28 bits per heavy atom. The Hall–Kier alpha value is -2.07. The maximum Gasteiger partial charge on any atom is 0.496 e. The number of alkyl halides is 7. The van der Waals surface area contributed by atoms with Gasteiger partial charge in [0.1, 0.15) is 10.3 Å². The molecule has 0 amide bonds. The van der Waals surface area contributed by atoms with E-state index in [2.05, 4.69) is 178 Å². The fourth-order valence-corrected chi connectivity index (χ4v) is 12.9. The Bertz CT molecular complexity index is 4600. The van der Waals surface area contributed by atoms with Gasteiger partial charge >= 0.3 is 30.7 Å². The molecule has 2 N–H and O–H groups in total. The van der Waals surface area contributed by atoms with Gasteiger partial charge in [-0.25, -0.2) is 60.9 Å².